The second-order valence-corrected chi connectivity index (χ2v) is 6.30. The largest absolute Gasteiger partial charge is 0.506 e. The summed E-state index contributed by atoms with van der Waals surface area (Å²) >= 11 is 6.62. The van der Waals surface area contributed by atoms with Gasteiger partial charge in [-0.15, -0.1) is 12.4 Å². The first kappa shape index (κ1) is 16.2. The number of hydrogen-bond donors (Lipinski definition) is 3. The fourth-order valence-corrected chi connectivity index (χ4v) is 3.36. The van der Waals surface area contributed by atoms with E-state index in [0.29, 0.717) is 10.0 Å². The Balaban J connectivity index is 0.00000162. The molecule has 2 atom stereocenters. The lowest BCUT2D eigenvalue weighted by molar-refractivity contribution is 0.0407. The number of aliphatic hydroxyl groups is 1. The Hall–Kier alpha value is 0.190. The quantitative estimate of drug-likeness (QED) is 0.726. The zero-order valence-corrected chi connectivity index (χ0v) is 13.6. The number of halogens is 3. The Kier molecular flexibility index (Phi) is 5.93. The molecule has 2 rings (SSSR count). The normalized spacial score (nSPS) is 18.7. The van der Waals surface area contributed by atoms with Crippen molar-refractivity contribution in [2.24, 2.45) is 11.7 Å². The van der Waals surface area contributed by atoms with Crippen molar-refractivity contribution in [2.45, 2.75) is 31.4 Å². The fraction of sp³-hybridized carbons (Fsp3) is 0.500. The maximum absolute atomic E-state index is 10.1. The second-order valence-electron chi connectivity index (χ2n) is 4.53. The molecule has 1 aliphatic rings. The highest BCUT2D eigenvalue weighted by molar-refractivity contribution is 9.11. The number of hydrogen-bond acceptors (Lipinski definition) is 3. The molecule has 0 amide bonds. The van der Waals surface area contributed by atoms with Crippen molar-refractivity contribution in [1.82, 2.24) is 0 Å². The van der Waals surface area contributed by atoms with Gasteiger partial charge in [-0.05, 0) is 46.8 Å². The van der Waals surface area contributed by atoms with Gasteiger partial charge >= 0.3 is 0 Å². The van der Waals surface area contributed by atoms with Crippen LogP contribution in [-0.2, 0) is 0 Å². The Morgan fingerprint density at radius 3 is 2.39 bits per heavy atom. The summed E-state index contributed by atoms with van der Waals surface area (Å²) < 4.78 is 1.41. The van der Waals surface area contributed by atoms with Gasteiger partial charge < -0.3 is 15.9 Å². The van der Waals surface area contributed by atoms with Crippen LogP contribution >= 0.6 is 44.3 Å². The minimum atomic E-state index is -0.587. The molecule has 0 radical (unpaired) electrons. The SMILES string of the molecule is Cl.N[C@@H](c1cc(Br)cc(Br)c1O)[C@H](O)C1CCC1. The van der Waals surface area contributed by atoms with Gasteiger partial charge in [-0.3, -0.25) is 0 Å². The van der Waals surface area contributed by atoms with Gasteiger partial charge in [0.05, 0.1) is 16.6 Å². The van der Waals surface area contributed by atoms with E-state index in [1.807, 2.05) is 0 Å². The van der Waals surface area contributed by atoms with Gasteiger partial charge in [0.15, 0.2) is 0 Å². The number of nitrogens with two attached hydrogens (primary N) is 1. The van der Waals surface area contributed by atoms with Crippen LogP contribution in [0.3, 0.4) is 0 Å². The first-order chi connectivity index (χ1) is 8.00. The molecule has 0 saturated heterocycles. The van der Waals surface area contributed by atoms with E-state index in [4.69, 9.17) is 5.73 Å². The summed E-state index contributed by atoms with van der Waals surface area (Å²) in [6.07, 6.45) is 2.61. The predicted octanol–water partition coefficient (Wildman–Crippen LogP) is 3.50. The number of rotatable bonds is 3. The molecule has 18 heavy (non-hydrogen) atoms. The Labute approximate surface area is 129 Å². The van der Waals surface area contributed by atoms with Crippen molar-refractivity contribution in [2.75, 3.05) is 0 Å². The lowest BCUT2D eigenvalue weighted by Gasteiger charge is -2.34. The van der Waals surface area contributed by atoms with E-state index in [9.17, 15) is 10.2 Å². The number of aliphatic hydroxyl groups excluding tert-OH is 1. The Morgan fingerprint density at radius 1 is 1.28 bits per heavy atom. The van der Waals surface area contributed by atoms with Crippen molar-refractivity contribution >= 4 is 44.3 Å². The molecular weight excluding hydrogens is 385 g/mol. The molecule has 0 aliphatic heterocycles. The number of aromatic hydroxyl groups is 1. The van der Waals surface area contributed by atoms with E-state index in [1.165, 1.54) is 0 Å². The van der Waals surface area contributed by atoms with E-state index < -0.39 is 12.1 Å². The van der Waals surface area contributed by atoms with Crippen LogP contribution in [-0.4, -0.2) is 16.3 Å². The molecule has 102 valence electrons. The molecule has 0 bridgehead atoms. The van der Waals surface area contributed by atoms with Crippen molar-refractivity contribution in [1.29, 1.82) is 0 Å². The third-order valence-corrected chi connectivity index (χ3v) is 4.48. The average molecular weight is 402 g/mol. The van der Waals surface area contributed by atoms with Gasteiger partial charge in [0, 0.05) is 10.0 Å². The van der Waals surface area contributed by atoms with Crippen molar-refractivity contribution in [3.05, 3.63) is 26.6 Å². The second kappa shape index (κ2) is 6.57. The Morgan fingerprint density at radius 2 is 1.89 bits per heavy atom. The summed E-state index contributed by atoms with van der Waals surface area (Å²) in [5.41, 5.74) is 6.61. The summed E-state index contributed by atoms with van der Waals surface area (Å²) in [4.78, 5) is 0. The first-order valence-electron chi connectivity index (χ1n) is 5.62. The highest BCUT2D eigenvalue weighted by atomic mass is 79.9. The van der Waals surface area contributed by atoms with Crippen molar-refractivity contribution in [3.8, 4) is 5.75 Å². The van der Waals surface area contributed by atoms with Crippen LogP contribution in [0.2, 0.25) is 0 Å². The van der Waals surface area contributed by atoms with Gasteiger partial charge in [-0.2, -0.15) is 0 Å². The summed E-state index contributed by atoms with van der Waals surface area (Å²) in [6, 6.07) is 2.96. The van der Waals surface area contributed by atoms with Crippen LogP contribution in [0.1, 0.15) is 30.9 Å². The molecule has 4 N–H and O–H groups in total. The molecule has 1 aliphatic carbocycles. The van der Waals surface area contributed by atoms with E-state index in [-0.39, 0.29) is 24.1 Å². The molecule has 0 heterocycles. The maximum atomic E-state index is 10.1. The topological polar surface area (TPSA) is 66.5 Å². The predicted molar refractivity (Wildman–Crippen MR) is 81.0 cm³/mol. The van der Waals surface area contributed by atoms with Gasteiger partial charge in [0.1, 0.15) is 5.75 Å². The van der Waals surface area contributed by atoms with Crippen LogP contribution in [0, 0.1) is 5.92 Å². The van der Waals surface area contributed by atoms with E-state index in [1.54, 1.807) is 12.1 Å². The van der Waals surface area contributed by atoms with Crippen LogP contribution in [0.25, 0.3) is 0 Å². The highest BCUT2D eigenvalue weighted by Crippen LogP contribution is 2.39. The highest BCUT2D eigenvalue weighted by Gasteiger charge is 2.32. The van der Waals surface area contributed by atoms with Crippen LogP contribution in [0.5, 0.6) is 5.75 Å². The van der Waals surface area contributed by atoms with E-state index in [2.05, 4.69) is 31.9 Å². The molecule has 1 fully saturated rings. The maximum Gasteiger partial charge on any atom is 0.134 e. The lowest BCUT2D eigenvalue weighted by Crippen LogP contribution is -2.36. The van der Waals surface area contributed by atoms with Crippen molar-refractivity contribution in [3.63, 3.8) is 0 Å². The number of phenols is 1. The zero-order chi connectivity index (χ0) is 12.6. The molecule has 3 nitrogen and oxygen atoms in total. The average Bonchev–Trinajstić information content (AvgIpc) is 2.19. The lowest BCUT2D eigenvalue weighted by atomic mass is 9.77. The molecule has 1 aromatic rings. The molecule has 1 saturated carbocycles. The first-order valence-corrected chi connectivity index (χ1v) is 7.21. The molecule has 0 unspecified atom stereocenters. The summed E-state index contributed by atoms with van der Waals surface area (Å²) in [6.45, 7) is 0. The smallest absolute Gasteiger partial charge is 0.134 e. The van der Waals surface area contributed by atoms with E-state index in [0.717, 1.165) is 23.7 Å². The fourth-order valence-electron chi connectivity index (χ4n) is 2.10. The minimum absolute atomic E-state index is 0. The molecule has 0 spiro atoms. The molecule has 1 aromatic carbocycles. The summed E-state index contributed by atoms with van der Waals surface area (Å²) in [5.74, 6) is 0.376. The molecule has 0 aromatic heterocycles. The minimum Gasteiger partial charge on any atom is -0.506 e. The van der Waals surface area contributed by atoms with Crippen molar-refractivity contribution < 1.29 is 10.2 Å². The monoisotopic (exact) mass is 399 g/mol. The van der Waals surface area contributed by atoms with Crippen LogP contribution < -0.4 is 5.73 Å². The summed E-state index contributed by atoms with van der Waals surface area (Å²) in [7, 11) is 0. The number of benzene rings is 1. The number of phenolic OH excluding ortho intramolecular Hbond substituents is 1. The van der Waals surface area contributed by atoms with Gasteiger partial charge in [0.2, 0.25) is 0 Å². The van der Waals surface area contributed by atoms with Crippen LogP contribution in [0.4, 0.5) is 0 Å². The standard InChI is InChI=1S/C12H15Br2NO2.ClH/c13-7-4-8(12(17)9(14)5-7)10(15)11(16)6-2-1-3-6;/h4-6,10-11,16-17H,1-3,15H2;1H/t10-,11+;/m0./s1. The van der Waals surface area contributed by atoms with E-state index >= 15 is 0 Å². The third kappa shape index (κ3) is 3.20. The zero-order valence-electron chi connectivity index (χ0n) is 9.64. The molecular formula is C12H16Br2ClNO2. The van der Waals surface area contributed by atoms with Gasteiger partial charge in [0.25, 0.3) is 0 Å². The molecule has 6 heteroatoms. The van der Waals surface area contributed by atoms with Gasteiger partial charge in [-0.1, -0.05) is 22.4 Å². The van der Waals surface area contributed by atoms with Crippen LogP contribution in [0.15, 0.2) is 21.1 Å². The summed E-state index contributed by atoms with van der Waals surface area (Å²) in [5, 5.41) is 20.1. The van der Waals surface area contributed by atoms with Gasteiger partial charge in [-0.25, -0.2) is 0 Å². The third-order valence-electron chi connectivity index (χ3n) is 3.42. The Bertz CT molecular complexity index is 427.